The SMILES string of the molecule is CC1=C(C)C2=C3C1=C(C)C1=C(C)C(C)=C4C(C)=C5C6=C(C(C)=C7C(C)=C(C)C(=C2C)C7C36[C@@H]14)C(C)(C)C5(C)C. The number of rotatable bonds is 0. The van der Waals surface area contributed by atoms with Crippen molar-refractivity contribution in [1.82, 2.24) is 0 Å². The van der Waals surface area contributed by atoms with Crippen LogP contribution in [0.2, 0.25) is 0 Å². The first-order valence-corrected chi connectivity index (χ1v) is 15.2. The van der Waals surface area contributed by atoms with Crippen LogP contribution in [0.4, 0.5) is 0 Å². The van der Waals surface area contributed by atoms with E-state index in [0.29, 0.717) is 11.8 Å². The van der Waals surface area contributed by atoms with Crippen LogP contribution < -0.4 is 0 Å². The molecule has 200 valence electrons. The molecule has 1 spiro atoms. The molecule has 0 aromatic carbocycles. The lowest BCUT2D eigenvalue weighted by Crippen LogP contribution is -2.52. The van der Waals surface area contributed by atoms with Crippen molar-refractivity contribution in [2.75, 3.05) is 0 Å². The van der Waals surface area contributed by atoms with Gasteiger partial charge in [-0.05, 0) is 192 Å². The average molecular weight is 513 g/mol. The maximum atomic E-state index is 2.56. The molecule has 0 aromatic heterocycles. The Balaban J connectivity index is 1.72. The third-order valence-electron chi connectivity index (χ3n) is 13.9. The van der Waals surface area contributed by atoms with E-state index >= 15 is 0 Å². The molecular formula is C39H44. The predicted octanol–water partition coefficient (Wildman–Crippen LogP) is 10.5. The van der Waals surface area contributed by atoms with Crippen molar-refractivity contribution >= 4 is 0 Å². The molecule has 0 amide bonds. The zero-order chi connectivity index (χ0) is 28.2. The quantitative estimate of drug-likeness (QED) is 0.303. The first kappa shape index (κ1) is 24.2. The predicted molar refractivity (Wildman–Crippen MR) is 164 cm³/mol. The molecule has 0 nitrogen and oxygen atoms in total. The Hall–Kier alpha value is -2.60. The second-order valence-electron chi connectivity index (χ2n) is 15.1. The molecule has 0 N–H and O–H groups in total. The standard InChI is InChI=1S/C39H44/c1-15-16(2)26-22(8)28-18(4)20(6)30-24(10)32-36-31(37(11,12)38(32,13)14)23(9)29-19(5)17(3)27-21(7)25(15)33(26)39(36,34(27)29)35(28)30/h34-35H,1-14H3/t34-,35?,39?/m0/s1. The van der Waals surface area contributed by atoms with E-state index in [0.717, 1.165) is 0 Å². The van der Waals surface area contributed by atoms with Crippen molar-refractivity contribution in [3.8, 4) is 0 Å². The molecule has 3 atom stereocenters. The summed E-state index contributed by atoms with van der Waals surface area (Å²) in [5.41, 5.74) is 32.2. The minimum atomic E-state index is -0.0508. The largest absolute Gasteiger partial charge is 0.0550 e. The minimum absolute atomic E-state index is 0.0508. The Morgan fingerprint density at radius 1 is 0.333 bits per heavy atom. The lowest BCUT2D eigenvalue weighted by molar-refractivity contribution is 0.220. The summed E-state index contributed by atoms with van der Waals surface area (Å²) in [6.45, 7) is 34.7. The van der Waals surface area contributed by atoms with Crippen LogP contribution >= 0.6 is 0 Å². The van der Waals surface area contributed by atoms with Gasteiger partial charge < -0.3 is 0 Å². The van der Waals surface area contributed by atoms with Gasteiger partial charge in [0, 0.05) is 17.3 Å². The van der Waals surface area contributed by atoms with Gasteiger partial charge in [-0.25, -0.2) is 0 Å². The normalized spacial score (nSPS) is 34.9. The molecule has 39 heavy (non-hydrogen) atoms. The van der Waals surface area contributed by atoms with Crippen LogP contribution in [0.1, 0.15) is 96.9 Å². The van der Waals surface area contributed by atoms with Crippen molar-refractivity contribution in [2.24, 2.45) is 28.1 Å². The Bertz CT molecular complexity index is 1810. The van der Waals surface area contributed by atoms with Gasteiger partial charge in [-0.3, -0.25) is 0 Å². The van der Waals surface area contributed by atoms with Gasteiger partial charge in [0.2, 0.25) is 0 Å². The first-order chi connectivity index (χ1) is 18.1. The van der Waals surface area contributed by atoms with E-state index in [1.165, 1.54) is 11.1 Å². The molecule has 8 aliphatic rings. The summed E-state index contributed by atoms with van der Waals surface area (Å²) in [5.74, 6) is 0.830. The molecule has 0 fully saturated rings. The first-order valence-electron chi connectivity index (χ1n) is 15.2. The highest BCUT2D eigenvalue weighted by atomic mass is 14.7. The van der Waals surface area contributed by atoms with Crippen molar-refractivity contribution in [2.45, 2.75) is 96.9 Å². The van der Waals surface area contributed by atoms with Crippen molar-refractivity contribution in [3.05, 3.63) is 111 Å². The highest BCUT2D eigenvalue weighted by Crippen LogP contribution is 2.82. The average Bonchev–Trinajstić information content (AvgIpc) is 3.44. The topological polar surface area (TPSA) is 0 Å². The molecule has 0 saturated carbocycles. The summed E-state index contributed by atoms with van der Waals surface area (Å²) >= 11 is 0. The number of hydrogen-bond donors (Lipinski definition) is 0. The van der Waals surface area contributed by atoms with Crippen LogP contribution in [0, 0.1) is 28.1 Å². The highest BCUT2D eigenvalue weighted by molar-refractivity contribution is 5.90. The fourth-order valence-corrected chi connectivity index (χ4v) is 11.6. The number of allylic oxidation sites excluding steroid dienone is 20. The fraction of sp³-hybridized carbons (Fsp3) is 0.487. The molecular weight excluding hydrogens is 468 g/mol. The summed E-state index contributed by atoms with van der Waals surface area (Å²) in [4.78, 5) is 0. The van der Waals surface area contributed by atoms with Gasteiger partial charge in [-0.1, -0.05) is 27.7 Å². The molecule has 2 unspecified atom stereocenters. The van der Waals surface area contributed by atoms with Gasteiger partial charge in [0.05, 0.1) is 0 Å². The number of hydrogen-bond acceptors (Lipinski definition) is 0. The third kappa shape index (κ3) is 1.95. The Labute approximate surface area is 236 Å². The van der Waals surface area contributed by atoms with E-state index in [9.17, 15) is 0 Å². The van der Waals surface area contributed by atoms with Crippen LogP contribution in [-0.4, -0.2) is 0 Å². The zero-order valence-corrected chi connectivity index (χ0v) is 26.7. The lowest BCUT2D eigenvalue weighted by atomic mass is 9.41. The molecule has 0 aliphatic heterocycles. The molecule has 8 rings (SSSR count). The van der Waals surface area contributed by atoms with E-state index in [2.05, 4.69) is 96.9 Å². The van der Waals surface area contributed by atoms with Crippen molar-refractivity contribution in [1.29, 1.82) is 0 Å². The Morgan fingerprint density at radius 2 is 0.769 bits per heavy atom. The maximum absolute atomic E-state index is 2.56. The van der Waals surface area contributed by atoms with E-state index in [1.807, 2.05) is 0 Å². The van der Waals surface area contributed by atoms with Gasteiger partial charge in [0.25, 0.3) is 0 Å². The third-order valence-corrected chi connectivity index (χ3v) is 13.9. The van der Waals surface area contributed by atoms with Crippen LogP contribution in [-0.2, 0) is 0 Å². The molecule has 0 heteroatoms. The molecule has 0 heterocycles. The molecule has 0 saturated heterocycles. The second-order valence-corrected chi connectivity index (χ2v) is 15.1. The molecule has 0 aromatic rings. The van der Waals surface area contributed by atoms with Gasteiger partial charge in [-0.15, -0.1) is 0 Å². The van der Waals surface area contributed by atoms with Gasteiger partial charge in [-0.2, -0.15) is 0 Å². The second kappa shape index (κ2) is 6.32. The van der Waals surface area contributed by atoms with Gasteiger partial charge in [0.1, 0.15) is 0 Å². The minimum Gasteiger partial charge on any atom is -0.0550 e. The summed E-state index contributed by atoms with van der Waals surface area (Å²) in [5, 5.41) is 0. The van der Waals surface area contributed by atoms with Gasteiger partial charge >= 0.3 is 0 Å². The Morgan fingerprint density at radius 3 is 1.33 bits per heavy atom. The lowest BCUT2D eigenvalue weighted by Gasteiger charge is -2.60. The smallest absolute Gasteiger partial charge is 0.0439 e. The maximum Gasteiger partial charge on any atom is 0.0439 e. The highest BCUT2D eigenvalue weighted by Gasteiger charge is 2.72. The summed E-state index contributed by atoms with van der Waals surface area (Å²) in [7, 11) is 0. The molecule has 8 aliphatic carbocycles. The van der Waals surface area contributed by atoms with E-state index in [4.69, 9.17) is 0 Å². The summed E-state index contributed by atoms with van der Waals surface area (Å²) in [6.07, 6.45) is 0. The van der Waals surface area contributed by atoms with Crippen LogP contribution in [0.3, 0.4) is 0 Å². The van der Waals surface area contributed by atoms with Crippen LogP contribution in [0.25, 0.3) is 0 Å². The monoisotopic (exact) mass is 512 g/mol. The zero-order valence-electron chi connectivity index (χ0n) is 26.7. The van der Waals surface area contributed by atoms with Crippen molar-refractivity contribution in [3.63, 3.8) is 0 Å². The van der Waals surface area contributed by atoms with Gasteiger partial charge in [0.15, 0.2) is 0 Å². The fourth-order valence-electron chi connectivity index (χ4n) is 11.6. The van der Waals surface area contributed by atoms with E-state index in [1.54, 1.807) is 100 Å². The Kier molecular flexibility index (Phi) is 3.93. The molecule has 0 bridgehead atoms. The van der Waals surface area contributed by atoms with Crippen LogP contribution in [0.15, 0.2) is 111 Å². The van der Waals surface area contributed by atoms with E-state index < -0.39 is 0 Å². The summed E-state index contributed by atoms with van der Waals surface area (Å²) in [6, 6.07) is 0. The van der Waals surface area contributed by atoms with Crippen molar-refractivity contribution < 1.29 is 0 Å². The summed E-state index contributed by atoms with van der Waals surface area (Å²) < 4.78 is 0. The van der Waals surface area contributed by atoms with E-state index in [-0.39, 0.29) is 16.2 Å². The van der Waals surface area contributed by atoms with Crippen LogP contribution in [0.5, 0.6) is 0 Å². The molecule has 0 radical (unpaired) electrons.